The molecule has 3 aromatic rings. The lowest BCUT2D eigenvalue weighted by Gasteiger charge is -2.02. The van der Waals surface area contributed by atoms with Crippen LogP contribution in [-0.4, -0.2) is 9.32 Å². The van der Waals surface area contributed by atoms with Gasteiger partial charge in [0.05, 0.1) is 10.6 Å². The molecule has 4 heteroatoms. The first-order valence-corrected chi connectivity index (χ1v) is 5.56. The van der Waals surface area contributed by atoms with Crippen molar-refractivity contribution < 1.29 is 4.92 Å². The number of hydrogen-bond donors (Lipinski definition) is 0. The van der Waals surface area contributed by atoms with E-state index in [4.69, 9.17) is 0 Å². The Labute approximate surface area is 103 Å². The molecule has 0 amide bonds. The molecule has 0 aliphatic rings. The van der Waals surface area contributed by atoms with Crippen LogP contribution in [0.15, 0.2) is 60.8 Å². The summed E-state index contributed by atoms with van der Waals surface area (Å²) < 4.78 is 2.06. The van der Waals surface area contributed by atoms with E-state index in [-0.39, 0.29) is 10.6 Å². The summed E-state index contributed by atoms with van der Waals surface area (Å²) in [7, 11) is 0. The molecule has 18 heavy (non-hydrogen) atoms. The molecule has 0 unspecified atom stereocenters. The van der Waals surface area contributed by atoms with E-state index in [2.05, 4.69) is 4.40 Å². The van der Waals surface area contributed by atoms with Crippen LogP contribution >= 0.6 is 0 Å². The van der Waals surface area contributed by atoms with Crippen molar-refractivity contribution >= 4 is 11.2 Å². The maximum absolute atomic E-state index is 10.6. The SMILES string of the molecule is O=[N+]([O-])c1ccc(-c2ccc3ccccn23)cc1. The minimum Gasteiger partial charge on any atom is -0.317 e. The molecule has 0 radical (unpaired) electrons. The summed E-state index contributed by atoms with van der Waals surface area (Å²) in [6.07, 6.45) is 1.98. The van der Waals surface area contributed by atoms with Gasteiger partial charge in [0.15, 0.2) is 0 Å². The first-order valence-electron chi connectivity index (χ1n) is 5.56. The van der Waals surface area contributed by atoms with Gasteiger partial charge in [-0.1, -0.05) is 6.07 Å². The molecule has 1 aromatic carbocycles. The lowest BCUT2D eigenvalue weighted by Crippen LogP contribution is -1.89. The molecule has 0 aliphatic heterocycles. The van der Waals surface area contributed by atoms with Gasteiger partial charge in [0.25, 0.3) is 5.69 Å². The van der Waals surface area contributed by atoms with Crippen molar-refractivity contribution in [2.45, 2.75) is 0 Å². The Balaban J connectivity index is 2.12. The molecule has 2 heterocycles. The van der Waals surface area contributed by atoms with Gasteiger partial charge in [0.1, 0.15) is 0 Å². The van der Waals surface area contributed by atoms with Gasteiger partial charge in [-0.15, -0.1) is 0 Å². The third kappa shape index (κ3) is 1.64. The number of hydrogen-bond acceptors (Lipinski definition) is 2. The van der Waals surface area contributed by atoms with Gasteiger partial charge in [-0.25, -0.2) is 0 Å². The average molecular weight is 238 g/mol. The molecule has 4 nitrogen and oxygen atoms in total. The largest absolute Gasteiger partial charge is 0.317 e. The van der Waals surface area contributed by atoms with Crippen molar-refractivity contribution in [3.05, 3.63) is 70.9 Å². The highest BCUT2D eigenvalue weighted by molar-refractivity contribution is 5.68. The van der Waals surface area contributed by atoms with Crippen molar-refractivity contribution in [2.75, 3.05) is 0 Å². The second-order valence-corrected chi connectivity index (χ2v) is 4.02. The van der Waals surface area contributed by atoms with Crippen molar-refractivity contribution in [3.8, 4) is 11.3 Å². The number of rotatable bonds is 2. The summed E-state index contributed by atoms with van der Waals surface area (Å²) in [4.78, 5) is 10.2. The van der Waals surface area contributed by atoms with E-state index in [1.54, 1.807) is 12.1 Å². The van der Waals surface area contributed by atoms with E-state index in [1.807, 2.05) is 36.5 Å². The van der Waals surface area contributed by atoms with Crippen LogP contribution < -0.4 is 0 Å². The highest BCUT2D eigenvalue weighted by atomic mass is 16.6. The van der Waals surface area contributed by atoms with E-state index in [1.165, 1.54) is 12.1 Å². The van der Waals surface area contributed by atoms with Crippen molar-refractivity contribution in [1.82, 2.24) is 4.40 Å². The fourth-order valence-corrected chi connectivity index (χ4v) is 2.05. The minimum absolute atomic E-state index is 0.111. The fourth-order valence-electron chi connectivity index (χ4n) is 2.05. The quantitative estimate of drug-likeness (QED) is 0.506. The monoisotopic (exact) mass is 238 g/mol. The van der Waals surface area contributed by atoms with E-state index >= 15 is 0 Å². The normalized spacial score (nSPS) is 10.7. The van der Waals surface area contributed by atoms with Crippen LogP contribution in [-0.2, 0) is 0 Å². The number of nitrogens with zero attached hydrogens (tertiary/aromatic N) is 2. The number of aromatic nitrogens is 1. The average Bonchev–Trinajstić information content (AvgIpc) is 2.82. The lowest BCUT2D eigenvalue weighted by atomic mass is 10.1. The predicted molar refractivity (Wildman–Crippen MR) is 69.5 cm³/mol. The summed E-state index contributed by atoms with van der Waals surface area (Å²) >= 11 is 0. The van der Waals surface area contributed by atoms with Crippen LogP contribution in [0.25, 0.3) is 16.8 Å². The summed E-state index contributed by atoms with van der Waals surface area (Å²) in [5, 5.41) is 10.6. The molecular formula is C14H10N2O2. The zero-order valence-corrected chi connectivity index (χ0v) is 9.48. The van der Waals surface area contributed by atoms with Gasteiger partial charge in [-0.3, -0.25) is 10.1 Å². The molecule has 0 bridgehead atoms. The van der Waals surface area contributed by atoms with E-state index in [0.29, 0.717) is 0 Å². The second-order valence-electron chi connectivity index (χ2n) is 4.02. The first-order chi connectivity index (χ1) is 8.75. The Bertz CT molecular complexity index is 714. The number of benzene rings is 1. The van der Waals surface area contributed by atoms with Gasteiger partial charge in [-0.2, -0.15) is 0 Å². The Morgan fingerprint density at radius 1 is 0.944 bits per heavy atom. The number of fused-ring (bicyclic) bond motifs is 1. The summed E-state index contributed by atoms with van der Waals surface area (Å²) in [5.74, 6) is 0. The molecule has 0 aliphatic carbocycles. The Hall–Kier alpha value is -2.62. The highest BCUT2D eigenvalue weighted by Crippen LogP contribution is 2.24. The van der Waals surface area contributed by atoms with Gasteiger partial charge in [0.2, 0.25) is 0 Å². The summed E-state index contributed by atoms with van der Waals surface area (Å²) in [6, 6.07) is 16.6. The van der Waals surface area contributed by atoms with E-state index in [0.717, 1.165) is 16.8 Å². The van der Waals surface area contributed by atoms with Gasteiger partial charge in [-0.05, 0) is 42.0 Å². The number of pyridine rings is 1. The zero-order valence-electron chi connectivity index (χ0n) is 9.48. The van der Waals surface area contributed by atoms with Gasteiger partial charge >= 0.3 is 0 Å². The van der Waals surface area contributed by atoms with Gasteiger partial charge in [0, 0.05) is 23.8 Å². The molecule has 0 atom stereocenters. The molecule has 88 valence electrons. The maximum Gasteiger partial charge on any atom is 0.269 e. The summed E-state index contributed by atoms with van der Waals surface area (Å²) in [5.41, 5.74) is 3.21. The zero-order chi connectivity index (χ0) is 12.5. The van der Waals surface area contributed by atoms with Crippen LogP contribution in [0.1, 0.15) is 0 Å². The van der Waals surface area contributed by atoms with E-state index in [9.17, 15) is 10.1 Å². The van der Waals surface area contributed by atoms with Crippen LogP contribution in [0.3, 0.4) is 0 Å². The molecule has 3 rings (SSSR count). The topological polar surface area (TPSA) is 47.5 Å². The van der Waals surface area contributed by atoms with Crippen molar-refractivity contribution in [2.24, 2.45) is 0 Å². The molecular weight excluding hydrogens is 228 g/mol. The third-order valence-corrected chi connectivity index (χ3v) is 2.94. The molecule has 0 fully saturated rings. The second kappa shape index (κ2) is 4.00. The predicted octanol–water partition coefficient (Wildman–Crippen LogP) is 3.51. The molecule has 0 spiro atoms. The number of non-ortho nitro benzene ring substituents is 1. The van der Waals surface area contributed by atoms with Crippen LogP contribution in [0.5, 0.6) is 0 Å². The number of nitro benzene ring substituents is 1. The third-order valence-electron chi connectivity index (χ3n) is 2.94. The van der Waals surface area contributed by atoms with Gasteiger partial charge < -0.3 is 4.40 Å². The van der Waals surface area contributed by atoms with Crippen LogP contribution in [0, 0.1) is 10.1 Å². The fraction of sp³-hybridized carbons (Fsp3) is 0. The Morgan fingerprint density at radius 3 is 2.44 bits per heavy atom. The number of nitro groups is 1. The molecule has 0 N–H and O–H groups in total. The van der Waals surface area contributed by atoms with Crippen LogP contribution in [0.4, 0.5) is 5.69 Å². The minimum atomic E-state index is -0.389. The standard InChI is InChI=1S/C14H10N2O2/c17-16(18)13-6-4-11(5-7-13)14-9-8-12-3-1-2-10-15(12)14/h1-10H. The van der Waals surface area contributed by atoms with Crippen molar-refractivity contribution in [3.63, 3.8) is 0 Å². The first kappa shape index (κ1) is 10.5. The van der Waals surface area contributed by atoms with Crippen molar-refractivity contribution in [1.29, 1.82) is 0 Å². The maximum atomic E-state index is 10.6. The smallest absolute Gasteiger partial charge is 0.269 e. The Kier molecular flexibility index (Phi) is 2.34. The molecule has 0 saturated heterocycles. The lowest BCUT2D eigenvalue weighted by molar-refractivity contribution is -0.384. The molecule has 2 aromatic heterocycles. The highest BCUT2D eigenvalue weighted by Gasteiger charge is 2.07. The van der Waals surface area contributed by atoms with E-state index < -0.39 is 0 Å². The summed E-state index contributed by atoms with van der Waals surface area (Å²) in [6.45, 7) is 0. The van der Waals surface area contributed by atoms with Crippen LogP contribution in [0.2, 0.25) is 0 Å². The molecule has 0 saturated carbocycles. The Morgan fingerprint density at radius 2 is 1.72 bits per heavy atom.